The summed E-state index contributed by atoms with van der Waals surface area (Å²) in [6.07, 6.45) is 0. The first-order chi connectivity index (χ1) is 8.45. The van der Waals surface area contributed by atoms with Crippen molar-refractivity contribution in [1.29, 1.82) is 0 Å². The molecule has 0 bridgehead atoms. The van der Waals surface area contributed by atoms with E-state index in [1.165, 1.54) is 18.5 Å². The highest BCUT2D eigenvalue weighted by molar-refractivity contribution is 7.89. The van der Waals surface area contributed by atoms with E-state index < -0.39 is 21.7 Å². The van der Waals surface area contributed by atoms with E-state index in [1.807, 2.05) is 0 Å². The van der Waals surface area contributed by atoms with Crippen LogP contribution in [0.5, 0.6) is 0 Å². The molecule has 0 amide bonds. The lowest BCUT2D eigenvalue weighted by Gasteiger charge is -2.28. The average molecular weight is 279 g/mol. The maximum absolute atomic E-state index is 11.8. The fraction of sp³-hybridized carbons (Fsp3) is 0.900. The first-order valence-electron chi connectivity index (χ1n) is 5.89. The number of hydrogen-bond acceptors (Lipinski definition) is 6. The van der Waals surface area contributed by atoms with Crippen molar-refractivity contribution in [1.82, 2.24) is 14.5 Å². The third-order valence-corrected chi connectivity index (χ3v) is 4.68. The van der Waals surface area contributed by atoms with Crippen LogP contribution in [0.25, 0.3) is 0 Å². The highest BCUT2D eigenvalue weighted by Crippen LogP contribution is 2.00. The van der Waals surface area contributed by atoms with Crippen molar-refractivity contribution in [3.8, 4) is 0 Å². The van der Waals surface area contributed by atoms with Gasteiger partial charge in [-0.15, -0.1) is 0 Å². The first-order valence-corrected chi connectivity index (χ1v) is 7.50. The second-order valence-electron chi connectivity index (χ2n) is 4.25. The van der Waals surface area contributed by atoms with Crippen LogP contribution in [-0.2, 0) is 19.6 Å². The minimum Gasteiger partial charge on any atom is -0.468 e. The Labute approximate surface area is 108 Å². The topological polar surface area (TPSA) is 79.0 Å². The highest BCUT2D eigenvalue weighted by Gasteiger charge is 2.23. The van der Waals surface area contributed by atoms with Gasteiger partial charge >= 0.3 is 5.97 Å². The van der Waals surface area contributed by atoms with Gasteiger partial charge in [0.2, 0.25) is 10.0 Å². The summed E-state index contributed by atoms with van der Waals surface area (Å²) in [4.78, 5) is 13.2. The van der Waals surface area contributed by atoms with Gasteiger partial charge in [0, 0.05) is 46.3 Å². The fourth-order valence-corrected chi connectivity index (χ4v) is 2.67. The van der Waals surface area contributed by atoms with Gasteiger partial charge in [-0.3, -0.25) is 9.69 Å². The summed E-state index contributed by atoms with van der Waals surface area (Å²) >= 11 is 0. The number of methoxy groups -OCH3 is 1. The summed E-state index contributed by atoms with van der Waals surface area (Å²) in [5.41, 5.74) is 0. The molecule has 7 nitrogen and oxygen atoms in total. The standard InChI is InChI=1S/C10H21N3O4S/c1-12(18(15,16)9-10(14)17-2)7-8-13-5-3-11-4-6-13/h11H,3-9H2,1-2H3. The van der Waals surface area contributed by atoms with Crippen LogP contribution in [0.15, 0.2) is 0 Å². The molecule has 106 valence electrons. The molecule has 1 aliphatic heterocycles. The van der Waals surface area contributed by atoms with E-state index in [-0.39, 0.29) is 0 Å². The lowest BCUT2D eigenvalue weighted by Crippen LogP contribution is -2.46. The molecule has 0 unspecified atom stereocenters. The Morgan fingerprint density at radius 1 is 1.39 bits per heavy atom. The smallest absolute Gasteiger partial charge is 0.322 e. The zero-order chi connectivity index (χ0) is 13.6. The van der Waals surface area contributed by atoms with Crippen molar-refractivity contribution >= 4 is 16.0 Å². The minimum atomic E-state index is -3.56. The predicted molar refractivity (Wildman–Crippen MR) is 67.7 cm³/mol. The van der Waals surface area contributed by atoms with Crippen molar-refractivity contribution in [2.45, 2.75) is 0 Å². The quantitative estimate of drug-likeness (QED) is 0.586. The van der Waals surface area contributed by atoms with Crippen LogP contribution in [0, 0.1) is 0 Å². The van der Waals surface area contributed by atoms with E-state index in [1.54, 1.807) is 0 Å². The number of esters is 1. The lowest BCUT2D eigenvalue weighted by molar-refractivity contribution is -0.137. The Morgan fingerprint density at radius 2 is 2.00 bits per heavy atom. The summed E-state index contributed by atoms with van der Waals surface area (Å²) in [6.45, 7) is 4.77. The molecule has 1 fully saturated rings. The maximum atomic E-state index is 11.8. The molecule has 0 atom stereocenters. The fourth-order valence-electron chi connectivity index (χ4n) is 1.67. The summed E-state index contributed by atoms with van der Waals surface area (Å²) in [5, 5.41) is 3.23. The van der Waals surface area contributed by atoms with Crippen molar-refractivity contribution < 1.29 is 17.9 Å². The van der Waals surface area contributed by atoms with Crippen molar-refractivity contribution in [3.63, 3.8) is 0 Å². The van der Waals surface area contributed by atoms with Gasteiger partial charge in [-0.1, -0.05) is 0 Å². The molecule has 1 rings (SSSR count). The van der Waals surface area contributed by atoms with E-state index in [0.717, 1.165) is 26.2 Å². The minimum absolute atomic E-state index is 0.388. The van der Waals surface area contributed by atoms with Gasteiger partial charge in [0.1, 0.15) is 0 Å². The summed E-state index contributed by atoms with van der Waals surface area (Å²) in [5.74, 6) is -1.33. The Balaban J connectivity index is 2.38. The summed E-state index contributed by atoms with van der Waals surface area (Å²) in [7, 11) is -0.890. The molecule has 0 aromatic rings. The Hall–Kier alpha value is -0.700. The number of ether oxygens (including phenoxy) is 1. The molecule has 0 spiro atoms. The Bertz CT molecular complexity index is 365. The molecular formula is C10H21N3O4S. The molecule has 0 aromatic carbocycles. The molecule has 1 aliphatic rings. The largest absolute Gasteiger partial charge is 0.468 e. The second-order valence-corrected chi connectivity index (χ2v) is 6.32. The van der Waals surface area contributed by atoms with Gasteiger partial charge < -0.3 is 10.1 Å². The molecule has 1 heterocycles. The van der Waals surface area contributed by atoms with E-state index in [9.17, 15) is 13.2 Å². The van der Waals surface area contributed by atoms with Crippen LogP contribution in [-0.4, -0.2) is 82.8 Å². The average Bonchev–Trinajstić information content (AvgIpc) is 2.36. The summed E-state index contributed by atoms with van der Waals surface area (Å²) < 4.78 is 29.1. The number of rotatable bonds is 6. The molecule has 0 aromatic heterocycles. The van der Waals surface area contributed by atoms with Crippen LogP contribution >= 0.6 is 0 Å². The number of piperazine rings is 1. The van der Waals surface area contributed by atoms with E-state index in [2.05, 4.69) is 15.0 Å². The zero-order valence-electron chi connectivity index (χ0n) is 10.9. The number of likely N-dealkylation sites (N-methyl/N-ethyl adjacent to an activating group) is 1. The third kappa shape index (κ3) is 4.89. The first kappa shape index (κ1) is 15.4. The predicted octanol–water partition coefficient (Wildman–Crippen LogP) is -1.67. The van der Waals surface area contributed by atoms with Gasteiger partial charge in [-0.25, -0.2) is 12.7 Å². The van der Waals surface area contributed by atoms with E-state index >= 15 is 0 Å². The number of nitrogens with one attached hydrogen (secondary N) is 1. The molecule has 18 heavy (non-hydrogen) atoms. The number of carbonyl (C=O) groups is 1. The van der Waals surface area contributed by atoms with E-state index in [0.29, 0.717) is 13.1 Å². The Kier molecular flexibility index (Phi) is 6.00. The van der Waals surface area contributed by atoms with Crippen molar-refractivity contribution in [2.75, 3.05) is 59.2 Å². The maximum Gasteiger partial charge on any atom is 0.322 e. The van der Waals surface area contributed by atoms with Crippen molar-refractivity contribution in [2.24, 2.45) is 0 Å². The van der Waals surface area contributed by atoms with Crippen LogP contribution in [0.3, 0.4) is 0 Å². The lowest BCUT2D eigenvalue weighted by atomic mass is 10.3. The number of carbonyl (C=O) groups excluding carboxylic acids is 1. The van der Waals surface area contributed by atoms with Crippen LogP contribution in [0.1, 0.15) is 0 Å². The molecule has 0 radical (unpaired) electrons. The molecule has 0 saturated carbocycles. The van der Waals surface area contributed by atoms with Crippen LogP contribution in [0.2, 0.25) is 0 Å². The van der Waals surface area contributed by atoms with Gasteiger partial charge in [0.25, 0.3) is 0 Å². The van der Waals surface area contributed by atoms with Gasteiger partial charge in [-0.2, -0.15) is 0 Å². The molecule has 1 N–H and O–H groups in total. The number of nitrogens with zero attached hydrogens (tertiary/aromatic N) is 2. The van der Waals surface area contributed by atoms with Crippen LogP contribution in [0.4, 0.5) is 0 Å². The summed E-state index contributed by atoms with van der Waals surface area (Å²) in [6, 6.07) is 0. The molecular weight excluding hydrogens is 258 g/mol. The second kappa shape index (κ2) is 7.03. The SMILES string of the molecule is COC(=O)CS(=O)(=O)N(C)CCN1CCNCC1. The van der Waals surface area contributed by atoms with Crippen LogP contribution < -0.4 is 5.32 Å². The number of sulfonamides is 1. The van der Waals surface area contributed by atoms with Gasteiger partial charge in [0.15, 0.2) is 5.75 Å². The van der Waals surface area contributed by atoms with Gasteiger partial charge in [0.05, 0.1) is 7.11 Å². The highest BCUT2D eigenvalue weighted by atomic mass is 32.2. The Morgan fingerprint density at radius 3 is 2.56 bits per heavy atom. The molecule has 8 heteroatoms. The third-order valence-electron chi connectivity index (χ3n) is 2.94. The normalized spacial score (nSPS) is 17.9. The zero-order valence-corrected chi connectivity index (χ0v) is 11.7. The molecule has 1 saturated heterocycles. The number of hydrogen-bond donors (Lipinski definition) is 1. The van der Waals surface area contributed by atoms with Crippen molar-refractivity contribution in [3.05, 3.63) is 0 Å². The molecule has 0 aliphatic carbocycles. The van der Waals surface area contributed by atoms with E-state index in [4.69, 9.17) is 0 Å². The van der Waals surface area contributed by atoms with Gasteiger partial charge in [-0.05, 0) is 0 Å². The monoisotopic (exact) mass is 279 g/mol.